The zero-order valence-electron chi connectivity index (χ0n) is 18.6. The molecule has 178 valence electrons. The van der Waals surface area contributed by atoms with Crippen LogP contribution in [-0.2, 0) is 9.59 Å². The third-order valence-corrected chi connectivity index (χ3v) is 10.9. The normalized spacial score (nSPS) is 32.5. The van der Waals surface area contributed by atoms with Crippen molar-refractivity contribution < 1.29 is 18.7 Å². The average Bonchev–Trinajstić information content (AvgIpc) is 3.59. The maximum atomic E-state index is 13.7. The molecule has 3 fully saturated rings. The van der Waals surface area contributed by atoms with Gasteiger partial charge in [-0.1, -0.05) is 23.5 Å². The predicted molar refractivity (Wildman–Crippen MR) is 130 cm³/mol. The number of thiazole rings is 1. The summed E-state index contributed by atoms with van der Waals surface area (Å²) in [6, 6.07) is 13.5. The van der Waals surface area contributed by atoms with Crippen LogP contribution < -0.4 is 14.5 Å². The Morgan fingerprint density at radius 1 is 0.971 bits per heavy atom. The van der Waals surface area contributed by atoms with E-state index >= 15 is 0 Å². The minimum Gasteiger partial charge on any atom is -0.497 e. The predicted octanol–water partition coefficient (Wildman–Crippen LogP) is 4.26. The fraction of sp³-hybridized carbons (Fsp3) is 0.346. The topological polar surface area (TPSA) is 79.5 Å². The van der Waals surface area contributed by atoms with Gasteiger partial charge in [-0.05, 0) is 66.1 Å². The van der Waals surface area contributed by atoms with Gasteiger partial charge in [-0.2, -0.15) is 0 Å². The highest BCUT2D eigenvalue weighted by Crippen LogP contribution is 2.68. The number of nitrogens with zero attached hydrogens (tertiary/aromatic N) is 1. The minimum absolute atomic E-state index is 0.0233. The van der Waals surface area contributed by atoms with Gasteiger partial charge in [-0.25, -0.2) is 4.39 Å². The largest absolute Gasteiger partial charge is 0.497 e. The molecule has 35 heavy (non-hydrogen) atoms. The van der Waals surface area contributed by atoms with Gasteiger partial charge in [0.15, 0.2) is 0 Å². The highest BCUT2D eigenvalue weighted by atomic mass is 32.2. The lowest BCUT2D eigenvalue weighted by Gasteiger charge is -2.43. The number of ether oxygens (including phenoxy) is 1. The number of carbonyl (C=O) groups is 2. The molecule has 7 atom stereocenters. The van der Waals surface area contributed by atoms with Crippen LogP contribution in [0.3, 0.4) is 0 Å². The van der Waals surface area contributed by atoms with Crippen molar-refractivity contribution in [2.45, 2.75) is 22.6 Å². The maximum absolute atomic E-state index is 13.7. The molecule has 2 amide bonds. The molecule has 1 saturated heterocycles. The Labute approximate surface area is 208 Å². The highest BCUT2D eigenvalue weighted by Gasteiger charge is 2.69. The molecule has 2 aliphatic heterocycles. The molecule has 0 spiro atoms. The lowest BCUT2D eigenvalue weighted by atomic mass is 9.68. The van der Waals surface area contributed by atoms with Crippen LogP contribution in [0, 0.1) is 35.4 Å². The number of thioether (sulfide) groups is 1. The molecule has 1 aromatic heterocycles. The second-order valence-electron chi connectivity index (χ2n) is 9.72. The van der Waals surface area contributed by atoms with E-state index < -0.39 is 5.82 Å². The number of fused-ring (bicyclic) bond motifs is 9. The lowest BCUT2D eigenvalue weighted by molar-refractivity contribution is -0.123. The van der Waals surface area contributed by atoms with E-state index in [-0.39, 0.29) is 57.4 Å². The second-order valence-corrected chi connectivity index (χ2v) is 11.9. The average molecular weight is 509 g/mol. The number of hydrogen-bond acceptors (Lipinski definition) is 6. The molecule has 6 unspecified atom stereocenters. The van der Waals surface area contributed by atoms with E-state index in [9.17, 15) is 18.8 Å². The number of methoxy groups -OCH3 is 1. The van der Waals surface area contributed by atoms with Gasteiger partial charge >= 0.3 is 4.87 Å². The maximum Gasteiger partial charge on any atom is 0.305 e. The Kier molecular flexibility index (Phi) is 4.61. The lowest BCUT2D eigenvalue weighted by Crippen LogP contribution is -2.42. The first-order valence-corrected chi connectivity index (χ1v) is 13.3. The molecule has 4 aliphatic rings. The Hall–Kier alpha value is -2.91. The second kappa shape index (κ2) is 7.54. The third-order valence-electron chi connectivity index (χ3n) is 8.28. The van der Waals surface area contributed by atoms with E-state index in [1.165, 1.54) is 40.5 Å². The smallest absolute Gasteiger partial charge is 0.305 e. The number of rotatable bonds is 3. The summed E-state index contributed by atoms with van der Waals surface area (Å²) in [5.74, 6) is -0.523. The van der Waals surface area contributed by atoms with Crippen molar-refractivity contribution in [3.63, 3.8) is 0 Å². The van der Waals surface area contributed by atoms with Crippen molar-refractivity contribution in [1.29, 1.82) is 0 Å². The standard InChI is InChI=1S/C26H21FN2O4S2/c1-33-14-8-2-11(3-9-14)17-18-15-10-16(21(18)34-23-22(17)35-26(32)28-23)20-19(15)24(30)29(25(20)31)13-6-4-12(27)5-7-13/h2-9,15-21H,10H2,1H3,(H,28,32)/t15?,16?,17-,18?,19?,20?,21?/m1/s1. The van der Waals surface area contributed by atoms with E-state index in [1.807, 2.05) is 24.3 Å². The van der Waals surface area contributed by atoms with Crippen molar-refractivity contribution in [2.24, 2.45) is 29.6 Å². The van der Waals surface area contributed by atoms with Crippen LogP contribution in [0.2, 0.25) is 0 Å². The van der Waals surface area contributed by atoms with Crippen LogP contribution in [0.4, 0.5) is 10.1 Å². The third kappa shape index (κ3) is 2.91. The van der Waals surface area contributed by atoms with Crippen LogP contribution in [0.15, 0.2) is 58.4 Å². The summed E-state index contributed by atoms with van der Waals surface area (Å²) in [5, 5.41) is 1.02. The van der Waals surface area contributed by atoms with Gasteiger partial charge in [0.05, 0.1) is 29.7 Å². The number of aromatic nitrogens is 1. The summed E-state index contributed by atoms with van der Waals surface area (Å²) in [5.41, 5.74) is 1.52. The summed E-state index contributed by atoms with van der Waals surface area (Å²) < 4.78 is 18.8. The van der Waals surface area contributed by atoms with Gasteiger partial charge < -0.3 is 9.72 Å². The summed E-state index contributed by atoms with van der Waals surface area (Å²) in [4.78, 5) is 44.8. The summed E-state index contributed by atoms with van der Waals surface area (Å²) in [6.45, 7) is 0. The van der Waals surface area contributed by atoms with Crippen LogP contribution in [0.5, 0.6) is 5.75 Å². The first-order valence-electron chi connectivity index (χ1n) is 11.6. The fourth-order valence-corrected chi connectivity index (χ4v) is 9.93. The van der Waals surface area contributed by atoms with Gasteiger partial charge in [0, 0.05) is 16.0 Å². The molecule has 0 radical (unpaired) electrons. The van der Waals surface area contributed by atoms with Crippen molar-refractivity contribution in [3.8, 4) is 5.75 Å². The van der Waals surface area contributed by atoms with Gasteiger partial charge in [0.2, 0.25) is 11.8 Å². The molecule has 2 bridgehead atoms. The summed E-state index contributed by atoms with van der Waals surface area (Å²) in [6.07, 6.45) is 0.832. The molecular weight excluding hydrogens is 487 g/mol. The highest BCUT2D eigenvalue weighted by molar-refractivity contribution is 8.00. The Morgan fingerprint density at radius 2 is 1.66 bits per heavy atom. The number of carbonyl (C=O) groups excluding carboxylic acids is 2. The zero-order chi connectivity index (χ0) is 24.0. The monoisotopic (exact) mass is 508 g/mol. The number of halogens is 1. The number of anilines is 1. The first kappa shape index (κ1) is 21.4. The number of hydrogen-bond donors (Lipinski definition) is 1. The summed E-state index contributed by atoms with van der Waals surface area (Å²) >= 11 is 2.91. The van der Waals surface area contributed by atoms with Crippen molar-refractivity contribution in [1.82, 2.24) is 4.98 Å². The van der Waals surface area contributed by atoms with E-state index in [0.717, 1.165) is 27.6 Å². The van der Waals surface area contributed by atoms with Crippen LogP contribution in [-0.4, -0.2) is 29.2 Å². The molecule has 3 aromatic rings. The number of H-pyrrole nitrogens is 1. The van der Waals surface area contributed by atoms with Gasteiger partial charge in [-0.3, -0.25) is 19.3 Å². The number of imide groups is 1. The van der Waals surface area contributed by atoms with E-state index in [4.69, 9.17) is 4.74 Å². The van der Waals surface area contributed by atoms with Gasteiger partial charge in [0.25, 0.3) is 0 Å². The van der Waals surface area contributed by atoms with Crippen LogP contribution >= 0.6 is 23.1 Å². The SMILES string of the molecule is COc1ccc([C@H]2c3sc(=O)[nH]c3SC3C4CC(C5C(=O)N(c6ccc(F)cc6)C(=O)C45)C32)cc1. The molecule has 3 heterocycles. The molecule has 1 N–H and O–H groups in total. The number of aromatic amines is 1. The molecule has 7 rings (SSSR count). The molecule has 2 aromatic carbocycles. The summed E-state index contributed by atoms with van der Waals surface area (Å²) in [7, 11) is 1.63. The molecule has 6 nitrogen and oxygen atoms in total. The number of amides is 2. The Bertz CT molecular complexity index is 1420. The van der Waals surface area contributed by atoms with Crippen molar-refractivity contribution >= 4 is 40.6 Å². The van der Waals surface area contributed by atoms with Crippen molar-refractivity contribution in [2.75, 3.05) is 12.0 Å². The molecular formula is C26H21FN2O4S2. The van der Waals surface area contributed by atoms with E-state index in [0.29, 0.717) is 5.69 Å². The Balaban J connectivity index is 1.31. The zero-order valence-corrected chi connectivity index (χ0v) is 20.3. The molecule has 2 aliphatic carbocycles. The quantitative estimate of drug-likeness (QED) is 0.535. The van der Waals surface area contributed by atoms with Gasteiger partial charge in [-0.15, -0.1) is 11.8 Å². The van der Waals surface area contributed by atoms with Crippen LogP contribution in [0.1, 0.15) is 22.8 Å². The number of benzene rings is 2. The van der Waals surface area contributed by atoms with E-state index in [2.05, 4.69) is 4.98 Å². The fourth-order valence-electron chi connectivity index (χ4n) is 7.05. The van der Waals surface area contributed by atoms with Crippen molar-refractivity contribution in [3.05, 3.63) is 74.5 Å². The number of nitrogens with one attached hydrogen (secondary N) is 1. The Morgan fingerprint density at radius 3 is 2.34 bits per heavy atom. The van der Waals surface area contributed by atoms with Crippen LogP contribution in [0.25, 0.3) is 0 Å². The molecule has 9 heteroatoms. The molecule has 2 saturated carbocycles. The van der Waals surface area contributed by atoms with Gasteiger partial charge in [0.1, 0.15) is 11.6 Å². The minimum atomic E-state index is -0.405. The first-order chi connectivity index (χ1) is 17.0. The van der Waals surface area contributed by atoms with E-state index in [1.54, 1.807) is 18.9 Å².